The molecule has 0 aliphatic rings. The highest BCUT2D eigenvalue weighted by Gasteiger charge is 2.06. The van der Waals surface area contributed by atoms with Crippen LogP contribution in [0.15, 0.2) is 0 Å². The van der Waals surface area contributed by atoms with Gasteiger partial charge in [-0.3, -0.25) is 19.3 Å². The molecule has 0 aromatic rings. The van der Waals surface area contributed by atoms with Crippen molar-refractivity contribution in [1.82, 2.24) is 10.1 Å². The van der Waals surface area contributed by atoms with E-state index in [-0.39, 0.29) is 11.8 Å². The van der Waals surface area contributed by atoms with Crippen molar-refractivity contribution in [3.63, 3.8) is 0 Å². The second-order valence-corrected chi connectivity index (χ2v) is 3.50. The van der Waals surface area contributed by atoms with Crippen molar-refractivity contribution in [2.45, 2.75) is 25.7 Å². The van der Waals surface area contributed by atoms with Crippen LogP contribution in [-0.4, -0.2) is 50.3 Å². The van der Waals surface area contributed by atoms with Gasteiger partial charge in [0.25, 0.3) is 0 Å². The first-order chi connectivity index (χ1) is 8.52. The molecule has 0 aromatic heterocycles. The van der Waals surface area contributed by atoms with E-state index in [2.05, 4.69) is 11.8 Å². The maximum atomic E-state index is 11.3. The lowest BCUT2D eigenvalue weighted by Crippen LogP contribution is -2.24. The Morgan fingerprint density at radius 2 is 1.22 bits per heavy atom. The van der Waals surface area contributed by atoms with Crippen molar-refractivity contribution in [2.75, 3.05) is 28.3 Å². The van der Waals surface area contributed by atoms with E-state index in [0.29, 0.717) is 25.7 Å². The Bertz CT molecular complexity index is 303. The van der Waals surface area contributed by atoms with E-state index in [1.165, 1.54) is 24.3 Å². The average molecular weight is 256 g/mol. The van der Waals surface area contributed by atoms with Crippen LogP contribution < -0.4 is 0 Å². The second-order valence-electron chi connectivity index (χ2n) is 3.50. The number of nitrogens with zero attached hydrogens (tertiary/aromatic N) is 2. The summed E-state index contributed by atoms with van der Waals surface area (Å²) in [6.07, 6.45) is 1.54. The van der Waals surface area contributed by atoms with Crippen LogP contribution in [0.5, 0.6) is 0 Å². The van der Waals surface area contributed by atoms with Crippen LogP contribution in [0.4, 0.5) is 0 Å². The van der Waals surface area contributed by atoms with Crippen LogP contribution in [0.25, 0.3) is 0 Å². The molecule has 0 saturated carbocycles. The fraction of sp³-hybridized carbons (Fsp3) is 0.667. The largest absolute Gasteiger partial charge is 0.275 e. The predicted octanol–water partition coefficient (Wildman–Crippen LogP) is 0.590. The summed E-state index contributed by atoms with van der Waals surface area (Å²) in [5, 5.41) is 2.33. The third kappa shape index (κ3) is 6.89. The summed E-state index contributed by atoms with van der Waals surface area (Å²) in [5.41, 5.74) is 0. The number of hydrogen-bond acceptors (Lipinski definition) is 4. The minimum absolute atomic E-state index is 0.123. The molecule has 0 atom stereocenters. The van der Waals surface area contributed by atoms with Gasteiger partial charge in [-0.25, -0.2) is 10.1 Å². The molecular formula is C12H20N2O4. The molecule has 0 bridgehead atoms. The molecule has 102 valence electrons. The van der Waals surface area contributed by atoms with Gasteiger partial charge in [-0.1, -0.05) is 0 Å². The molecule has 0 spiro atoms. The predicted molar refractivity (Wildman–Crippen MR) is 65.8 cm³/mol. The monoisotopic (exact) mass is 256 g/mol. The standard InChI is InChI=1S/C12H20N2O4/c1-13(17-3)11(15)9-7-5-6-8-10-12(16)14(2)18-4/h7-10H2,1-4H3. The fourth-order valence-electron chi connectivity index (χ4n) is 1.03. The number of amides is 2. The lowest BCUT2D eigenvalue weighted by molar-refractivity contribution is -0.168. The quantitative estimate of drug-likeness (QED) is 0.515. The second kappa shape index (κ2) is 9.45. The molecule has 0 rings (SSSR count). The third-order valence-corrected chi connectivity index (χ3v) is 2.30. The number of hydrogen-bond donors (Lipinski definition) is 0. The summed E-state index contributed by atoms with van der Waals surface area (Å²) in [7, 11) is 5.97. The Hall–Kier alpha value is -1.58. The minimum atomic E-state index is -0.123. The highest BCUT2D eigenvalue weighted by atomic mass is 16.7. The highest BCUT2D eigenvalue weighted by Crippen LogP contribution is 1.96. The summed E-state index contributed by atoms with van der Waals surface area (Å²) < 4.78 is 0. The lowest BCUT2D eigenvalue weighted by Gasteiger charge is -2.12. The van der Waals surface area contributed by atoms with E-state index in [1.807, 2.05) is 0 Å². The van der Waals surface area contributed by atoms with Crippen molar-refractivity contribution >= 4 is 11.8 Å². The molecule has 0 aliphatic carbocycles. The van der Waals surface area contributed by atoms with Crippen LogP contribution in [0.2, 0.25) is 0 Å². The maximum absolute atomic E-state index is 11.3. The Morgan fingerprint density at radius 3 is 1.50 bits per heavy atom. The number of hydroxylamine groups is 4. The Balaban J connectivity index is 3.74. The molecule has 0 radical (unpaired) electrons. The van der Waals surface area contributed by atoms with Gasteiger partial charge in [-0.15, -0.1) is 11.8 Å². The molecule has 18 heavy (non-hydrogen) atoms. The van der Waals surface area contributed by atoms with E-state index >= 15 is 0 Å². The topological polar surface area (TPSA) is 59.1 Å². The van der Waals surface area contributed by atoms with Gasteiger partial charge < -0.3 is 0 Å². The van der Waals surface area contributed by atoms with Crippen molar-refractivity contribution in [3.05, 3.63) is 0 Å². The number of rotatable bonds is 6. The molecule has 0 heterocycles. The number of carbonyl (C=O) groups excluding carboxylic acids is 2. The van der Waals surface area contributed by atoms with E-state index in [1.54, 1.807) is 14.1 Å². The van der Waals surface area contributed by atoms with Crippen molar-refractivity contribution in [1.29, 1.82) is 0 Å². The highest BCUT2D eigenvalue weighted by molar-refractivity contribution is 5.75. The Kier molecular flexibility index (Phi) is 8.62. The third-order valence-electron chi connectivity index (χ3n) is 2.30. The van der Waals surface area contributed by atoms with Gasteiger partial charge in [0.2, 0.25) is 11.8 Å². The summed E-state index contributed by atoms with van der Waals surface area (Å²) in [6.45, 7) is 0. The average Bonchev–Trinajstić information content (AvgIpc) is 2.39. The smallest absolute Gasteiger partial charge is 0.246 e. The normalized spacial score (nSPS) is 9.33. The molecule has 2 amide bonds. The van der Waals surface area contributed by atoms with Crippen molar-refractivity contribution < 1.29 is 19.3 Å². The van der Waals surface area contributed by atoms with E-state index in [9.17, 15) is 9.59 Å². The molecule has 0 N–H and O–H groups in total. The summed E-state index contributed by atoms with van der Waals surface area (Å²) in [4.78, 5) is 32.1. The van der Waals surface area contributed by atoms with E-state index in [0.717, 1.165) is 0 Å². The van der Waals surface area contributed by atoms with Crippen LogP contribution in [-0.2, 0) is 19.3 Å². The van der Waals surface area contributed by atoms with Crippen LogP contribution in [0.1, 0.15) is 25.7 Å². The van der Waals surface area contributed by atoms with E-state index in [4.69, 9.17) is 9.68 Å². The minimum Gasteiger partial charge on any atom is -0.275 e. The molecule has 0 unspecified atom stereocenters. The van der Waals surface area contributed by atoms with Crippen molar-refractivity contribution in [3.8, 4) is 11.8 Å². The van der Waals surface area contributed by atoms with Gasteiger partial charge in [0.05, 0.1) is 14.2 Å². The SMILES string of the molecule is CON(C)C(=O)CCC#CCCC(=O)N(C)OC. The molecule has 0 aromatic carbocycles. The zero-order valence-corrected chi connectivity index (χ0v) is 11.4. The van der Waals surface area contributed by atoms with Crippen molar-refractivity contribution in [2.24, 2.45) is 0 Å². The summed E-state index contributed by atoms with van der Waals surface area (Å²) in [6, 6.07) is 0. The Labute approximate surface area is 108 Å². The first kappa shape index (κ1) is 16.4. The molecule has 0 fully saturated rings. The van der Waals surface area contributed by atoms with Gasteiger partial charge in [0, 0.05) is 39.8 Å². The fourth-order valence-corrected chi connectivity index (χ4v) is 1.03. The van der Waals surface area contributed by atoms with Gasteiger partial charge in [-0.2, -0.15) is 0 Å². The summed E-state index contributed by atoms with van der Waals surface area (Å²) >= 11 is 0. The van der Waals surface area contributed by atoms with Crippen LogP contribution >= 0.6 is 0 Å². The first-order valence-corrected chi connectivity index (χ1v) is 5.60. The van der Waals surface area contributed by atoms with Gasteiger partial charge in [-0.05, 0) is 0 Å². The maximum Gasteiger partial charge on any atom is 0.246 e. The first-order valence-electron chi connectivity index (χ1n) is 5.60. The molecule has 0 aliphatic heterocycles. The van der Waals surface area contributed by atoms with Crippen LogP contribution in [0.3, 0.4) is 0 Å². The molecular weight excluding hydrogens is 236 g/mol. The zero-order valence-electron chi connectivity index (χ0n) is 11.4. The molecule has 6 nitrogen and oxygen atoms in total. The summed E-state index contributed by atoms with van der Waals surface area (Å²) in [5.74, 6) is 5.44. The van der Waals surface area contributed by atoms with Crippen LogP contribution in [0, 0.1) is 11.8 Å². The lowest BCUT2D eigenvalue weighted by atomic mass is 10.2. The van der Waals surface area contributed by atoms with E-state index < -0.39 is 0 Å². The Morgan fingerprint density at radius 1 is 0.889 bits per heavy atom. The van der Waals surface area contributed by atoms with Gasteiger partial charge in [0.15, 0.2) is 0 Å². The number of carbonyl (C=O) groups is 2. The van der Waals surface area contributed by atoms with Gasteiger partial charge in [0.1, 0.15) is 0 Å². The zero-order chi connectivity index (χ0) is 14.0. The molecule has 6 heteroatoms. The van der Waals surface area contributed by atoms with Gasteiger partial charge >= 0.3 is 0 Å². The molecule has 0 saturated heterocycles.